The zero-order valence-corrected chi connectivity index (χ0v) is 53.4. The van der Waals surface area contributed by atoms with Gasteiger partial charge in [-0.25, -0.2) is 0 Å². The van der Waals surface area contributed by atoms with Gasteiger partial charge < -0.3 is 23.0 Å². The summed E-state index contributed by atoms with van der Waals surface area (Å²) < 4.78 is 16.4. The Morgan fingerprint density at radius 1 is 0.289 bits per heavy atom. The smallest absolute Gasteiger partial charge is 0.143 e. The Bertz CT molecular complexity index is 5280. The van der Waals surface area contributed by atoms with Crippen LogP contribution < -0.4 is 4.90 Å². The van der Waals surface area contributed by atoms with Crippen molar-refractivity contribution in [2.45, 2.75) is 78.9 Å². The number of para-hydroxylation sites is 7. The molecule has 0 bridgehead atoms. The van der Waals surface area contributed by atoms with Crippen LogP contribution in [0.1, 0.15) is 62.3 Å². The summed E-state index contributed by atoms with van der Waals surface area (Å²) >= 11 is 1.90. The Labute approximate surface area is 529 Å². The number of hydrogen-bond donors (Lipinski definition) is 0. The third-order valence-corrected chi connectivity index (χ3v) is 19.0. The highest BCUT2D eigenvalue weighted by Crippen LogP contribution is 2.45. The molecule has 6 heteroatoms. The van der Waals surface area contributed by atoms with E-state index >= 15 is 0 Å². The van der Waals surface area contributed by atoms with Crippen LogP contribution in [0.4, 0.5) is 17.1 Å². The molecule has 12 aromatic carbocycles. The summed E-state index contributed by atoms with van der Waals surface area (Å²) in [7, 11) is 0. The van der Waals surface area contributed by atoms with Crippen molar-refractivity contribution in [3.8, 4) is 22.3 Å². The van der Waals surface area contributed by atoms with E-state index in [0.717, 1.165) is 33.8 Å². The van der Waals surface area contributed by atoms with E-state index < -0.39 is 0 Å². The van der Waals surface area contributed by atoms with Crippen LogP contribution in [0.25, 0.3) is 130 Å². The molecule has 0 aliphatic heterocycles. The number of anilines is 3. The fourth-order valence-electron chi connectivity index (χ4n) is 14.1. The normalized spacial score (nSPS) is 12.3. The van der Waals surface area contributed by atoms with Gasteiger partial charge in [0.25, 0.3) is 0 Å². The lowest BCUT2D eigenvalue weighted by Crippen LogP contribution is -2.21. The van der Waals surface area contributed by atoms with Gasteiger partial charge in [-0.2, -0.15) is 0 Å². The van der Waals surface area contributed by atoms with Crippen LogP contribution in [0.2, 0.25) is 0 Å². The van der Waals surface area contributed by atoms with Crippen LogP contribution in [0.3, 0.4) is 0 Å². The van der Waals surface area contributed by atoms with Gasteiger partial charge >= 0.3 is 0 Å². The summed E-state index contributed by atoms with van der Waals surface area (Å²) in [6.07, 6.45) is 0. The Morgan fingerprint density at radius 2 is 0.678 bits per heavy atom. The first-order valence-corrected chi connectivity index (χ1v) is 32.2. The van der Waals surface area contributed by atoms with Crippen molar-refractivity contribution in [3.63, 3.8) is 0 Å². The second-order valence-corrected chi connectivity index (χ2v) is 27.9. The first-order chi connectivity index (χ1) is 43.6. The number of hydrogen-bond acceptors (Lipinski definition) is 3. The average Bonchev–Trinajstić information content (AvgIpc) is 1.67. The van der Waals surface area contributed by atoms with Gasteiger partial charge in [-0.05, 0) is 176 Å². The molecule has 17 rings (SSSR count). The molecule has 0 fully saturated rings. The van der Waals surface area contributed by atoms with Gasteiger partial charge in [-0.1, -0.05) is 176 Å². The number of rotatable bonds is 5. The van der Waals surface area contributed by atoms with Crippen molar-refractivity contribution in [1.29, 1.82) is 0 Å². The zero-order valence-electron chi connectivity index (χ0n) is 52.6. The average molecular weight is 1190 g/mol. The van der Waals surface area contributed by atoms with Crippen LogP contribution >= 0.6 is 11.3 Å². The lowest BCUT2D eigenvalue weighted by molar-refractivity contribution is 0.423. The molecule has 5 heterocycles. The van der Waals surface area contributed by atoms with E-state index in [1.54, 1.807) is 0 Å². The number of benzene rings is 12. The summed E-state index contributed by atoms with van der Waals surface area (Å²) in [5.74, 6) is 0. The highest BCUT2D eigenvalue weighted by molar-refractivity contribution is 7.26. The predicted octanol–water partition coefficient (Wildman–Crippen LogP) is 24.7. The van der Waals surface area contributed by atoms with Crippen molar-refractivity contribution >= 4 is 136 Å². The van der Waals surface area contributed by atoms with Gasteiger partial charge in [0.2, 0.25) is 0 Å². The van der Waals surface area contributed by atoms with Crippen molar-refractivity contribution in [2.75, 3.05) is 4.90 Å². The summed E-state index contributed by atoms with van der Waals surface area (Å²) in [5, 5.41) is 12.9. The molecule has 0 amide bonds. The van der Waals surface area contributed by atoms with Crippen molar-refractivity contribution in [1.82, 2.24) is 13.7 Å². The molecule has 440 valence electrons. The third-order valence-electron chi connectivity index (χ3n) is 17.7. The lowest BCUT2D eigenvalue weighted by atomic mass is 10.00. The summed E-state index contributed by atoms with van der Waals surface area (Å²) in [4.78, 5) is 2.32. The standard InChI is InChI=1S/C28H26N2.C28H23NO.C28H23NS/c1-28(2,3)30-26-17-11-10-16-24(26)25-20-23(18-19-27(25)30)29(21-12-6-4-7-13-21)22-14-8-5-9-15-22;2*1-28(2,3)29-24-13-6-4-9-20(24)23-17-18(15-16-25(23)29)19-11-8-12-22-21-10-5-7-14-26(21)30-27(19)22/h4-20H,1-3H3;2*4-17H,1-3H3. The second kappa shape index (κ2) is 21.9. The number of nitrogens with zero attached hydrogens (tertiary/aromatic N) is 4. The number of aromatic nitrogens is 3. The number of furan rings is 1. The highest BCUT2D eigenvalue weighted by atomic mass is 32.1. The molecule has 0 aliphatic carbocycles. The molecule has 0 aliphatic rings. The first kappa shape index (κ1) is 56.4. The van der Waals surface area contributed by atoms with Gasteiger partial charge in [0.1, 0.15) is 11.2 Å². The topological polar surface area (TPSA) is 31.2 Å². The van der Waals surface area contributed by atoms with E-state index in [2.05, 4.69) is 342 Å². The summed E-state index contributed by atoms with van der Waals surface area (Å²) in [5.41, 5.74) is 18.0. The third kappa shape index (κ3) is 9.69. The maximum Gasteiger partial charge on any atom is 0.143 e. The van der Waals surface area contributed by atoms with E-state index in [1.807, 2.05) is 23.5 Å². The molecule has 0 saturated carbocycles. The fourth-order valence-corrected chi connectivity index (χ4v) is 15.3. The molecular formula is C84H72N4OS. The number of thiophene rings is 1. The summed E-state index contributed by atoms with van der Waals surface area (Å²) in [6.45, 7) is 20.5. The quantitative estimate of drug-likeness (QED) is 0.172. The molecule has 17 aromatic rings. The Morgan fingerprint density at radius 3 is 1.20 bits per heavy atom. The van der Waals surface area contributed by atoms with E-state index in [1.165, 1.54) is 113 Å². The SMILES string of the molecule is CC(C)(C)n1c2ccccc2c2cc(-c3cccc4c3oc3ccccc34)ccc21.CC(C)(C)n1c2ccccc2c2cc(-c3cccc4c3sc3ccccc34)ccc21.CC(C)(C)n1c2ccccc2c2cc(N(c3ccccc3)c3ccccc3)ccc21. The number of fused-ring (bicyclic) bond motifs is 15. The predicted molar refractivity (Wildman–Crippen MR) is 389 cm³/mol. The van der Waals surface area contributed by atoms with Crippen LogP contribution in [0.5, 0.6) is 0 Å². The van der Waals surface area contributed by atoms with Crippen molar-refractivity contribution < 1.29 is 4.42 Å². The van der Waals surface area contributed by atoms with Crippen LogP contribution in [0.15, 0.2) is 277 Å². The molecule has 5 nitrogen and oxygen atoms in total. The van der Waals surface area contributed by atoms with Crippen LogP contribution in [0, 0.1) is 0 Å². The minimum atomic E-state index is 0.00141. The van der Waals surface area contributed by atoms with Gasteiger partial charge in [0.05, 0.1) is 0 Å². The van der Waals surface area contributed by atoms with Crippen LogP contribution in [-0.4, -0.2) is 13.7 Å². The Hall–Kier alpha value is -10.1. The van der Waals surface area contributed by atoms with Gasteiger partial charge in [-0.15, -0.1) is 11.3 Å². The molecule has 0 N–H and O–H groups in total. The molecule has 90 heavy (non-hydrogen) atoms. The maximum absolute atomic E-state index is 6.29. The van der Waals surface area contributed by atoms with E-state index in [0.29, 0.717) is 0 Å². The zero-order chi connectivity index (χ0) is 61.6. The lowest BCUT2D eigenvalue weighted by Gasteiger charge is -2.26. The first-order valence-electron chi connectivity index (χ1n) is 31.4. The summed E-state index contributed by atoms with van der Waals surface area (Å²) in [6, 6.07) is 98.1. The molecule has 0 unspecified atom stereocenters. The van der Waals surface area contributed by atoms with Gasteiger partial charge in [0, 0.05) is 136 Å². The van der Waals surface area contributed by atoms with E-state index in [-0.39, 0.29) is 16.6 Å². The largest absolute Gasteiger partial charge is 0.455 e. The minimum Gasteiger partial charge on any atom is -0.455 e. The second-order valence-electron chi connectivity index (χ2n) is 26.8. The Balaban J connectivity index is 0.000000113. The van der Waals surface area contributed by atoms with Gasteiger partial charge in [-0.3, -0.25) is 0 Å². The molecule has 0 saturated heterocycles. The van der Waals surface area contributed by atoms with Crippen LogP contribution in [-0.2, 0) is 16.6 Å². The van der Waals surface area contributed by atoms with Gasteiger partial charge in [0.15, 0.2) is 0 Å². The Kier molecular flexibility index (Phi) is 13.7. The maximum atomic E-state index is 6.29. The molecule has 0 radical (unpaired) electrons. The fraction of sp³-hybridized carbons (Fsp3) is 0.143. The molecule has 5 aromatic heterocycles. The minimum absolute atomic E-state index is 0.00141. The highest BCUT2D eigenvalue weighted by Gasteiger charge is 2.25. The molecule has 0 atom stereocenters. The van der Waals surface area contributed by atoms with Crippen molar-refractivity contribution in [2.24, 2.45) is 0 Å². The molecule has 0 spiro atoms. The van der Waals surface area contributed by atoms with E-state index in [9.17, 15) is 0 Å². The van der Waals surface area contributed by atoms with E-state index in [4.69, 9.17) is 4.42 Å². The monoisotopic (exact) mass is 1180 g/mol. The van der Waals surface area contributed by atoms with Crippen molar-refractivity contribution in [3.05, 3.63) is 273 Å². The molecular weight excluding hydrogens is 1110 g/mol.